The SMILES string of the molecule is CN1CCOc2cc(Cl)ccc21.O=Cc1cc(Cl)c(O)c(Cl)c1. The van der Waals surface area contributed by atoms with Crippen molar-refractivity contribution in [3.63, 3.8) is 0 Å². The number of phenolic OH excluding ortho intramolecular Hbond substituents is 1. The van der Waals surface area contributed by atoms with E-state index in [1.165, 1.54) is 12.1 Å². The van der Waals surface area contributed by atoms with Crippen LogP contribution in [0.4, 0.5) is 5.69 Å². The number of halogens is 3. The van der Waals surface area contributed by atoms with Crippen LogP contribution < -0.4 is 9.64 Å². The zero-order valence-corrected chi connectivity index (χ0v) is 14.5. The van der Waals surface area contributed by atoms with Crippen LogP contribution in [0, 0.1) is 0 Å². The summed E-state index contributed by atoms with van der Waals surface area (Å²) < 4.78 is 5.45. The van der Waals surface area contributed by atoms with Crippen molar-refractivity contribution in [3.8, 4) is 11.5 Å². The van der Waals surface area contributed by atoms with Crippen LogP contribution in [-0.4, -0.2) is 31.6 Å². The maximum Gasteiger partial charge on any atom is 0.152 e. The van der Waals surface area contributed by atoms with E-state index in [1.807, 2.05) is 18.2 Å². The molecule has 2 aromatic rings. The highest BCUT2D eigenvalue weighted by Crippen LogP contribution is 2.33. The predicted molar refractivity (Wildman–Crippen MR) is 93.7 cm³/mol. The van der Waals surface area contributed by atoms with Gasteiger partial charge in [-0.3, -0.25) is 4.79 Å². The summed E-state index contributed by atoms with van der Waals surface area (Å²) in [5, 5.41) is 9.94. The average Bonchev–Trinajstić information content (AvgIpc) is 2.52. The minimum Gasteiger partial charge on any atom is -0.505 e. The third kappa shape index (κ3) is 4.44. The Labute approximate surface area is 149 Å². The zero-order valence-electron chi connectivity index (χ0n) is 12.2. The second-order valence-corrected chi connectivity index (χ2v) is 6.08. The lowest BCUT2D eigenvalue weighted by molar-refractivity contribution is 0.112. The topological polar surface area (TPSA) is 49.8 Å². The Morgan fingerprint density at radius 3 is 2.43 bits per heavy atom. The Morgan fingerprint density at radius 1 is 1.17 bits per heavy atom. The van der Waals surface area contributed by atoms with Gasteiger partial charge in [0.2, 0.25) is 0 Å². The molecule has 0 atom stereocenters. The van der Waals surface area contributed by atoms with E-state index >= 15 is 0 Å². The van der Waals surface area contributed by atoms with Crippen LogP contribution in [-0.2, 0) is 0 Å². The van der Waals surface area contributed by atoms with Crippen molar-refractivity contribution in [2.75, 3.05) is 25.1 Å². The van der Waals surface area contributed by atoms with Crippen molar-refractivity contribution in [1.82, 2.24) is 0 Å². The van der Waals surface area contributed by atoms with Crippen LogP contribution in [0.2, 0.25) is 15.1 Å². The highest BCUT2D eigenvalue weighted by molar-refractivity contribution is 6.37. The van der Waals surface area contributed by atoms with Gasteiger partial charge in [-0.05, 0) is 24.3 Å². The number of hydrogen-bond acceptors (Lipinski definition) is 4. The number of ether oxygens (including phenoxy) is 1. The van der Waals surface area contributed by atoms with Gasteiger partial charge >= 0.3 is 0 Å². The Kier molecular flexibility index (Phi) is 5.99. The molecule has 0 spiro atoms. The summed E-state index contributed by atoms with van der Waals surface area (Å²) in [6.07, 6.45) is 0.608. The van der Waals surface area contributed by atoms with Crippen molar-refractivity contribution >= 4 is 46.8 Å². The molecule has 0 saturated heterocycles. The van der Waals surface area contributed by atoms with Crippen LogP contribution in [0.3, 0.4) is 0 Å². The number of carbonyl (C=O) groups is 1. The molecular weight excluding hydrogens is 361 g/mol. The van der Waals surface area contributed by atoms with Gasteiger partial charge in [0, 0.05) is 23.7 Å². The Balaban J connectivity index is 0.000000168. The minimum absolute atomic E-state index is 0.0830. The van der Waals surface area contributed by atoms with E-state index in [-0.39, 0.29) is 15.8 Å². The molecule has 0 amide bonds. The van der Waals surface area contributed by atoms with E-state index in [0.29, 0.717) is 11.8 Å². The van der Waals surface area contributed by atoms with E-state index < -0.39 is 0 Å². The number of aldehydes is 1. The van der Waals surface area contributed by atoms with E-state index in [0.717, 1.165) is 29.6 Å². The smallest absolute Gasteiger partial charge is 0.152 e. The number of fused-ring (bicyclic) bond motifs is 1. The molecule has 0 aromatic heterocycles. The monoisotopic (exact) mass is 373 g/mol. The maximum atomic E-state index is 10.2. The van der Waals surface area contributed by atoms with Crippen molar-refractivity contribution in [2.45, 2.75) is 0 Å². The quantitative estimate of drug-likeness (QED) is 0.736. The van der Waals surface area contributed by atoms with E-state index in [2.05, 4.69) is 11.9 Å². The molecule has 7 heteroatoms. The highest BCUT2D eigenvalue weighted by atomic mass is 35.5. The minimum atomic E-state index is -0.195. The first-order chi connectivity index (χ1) is 10.9. The summed E-state index contributed by atoms with van der Waals surface area (Å²) in [6.45, 7) is 1.68. The second-order valence-electron chi connectivity index (χ2n) is 4.83. The van der Waals surface area contributed by atoms with Gasteiger partial charge in [-0.1, -0.05) is 34.8 Å². The van der Waals surface area contributed by atoms with E-state index in [4.69, 9.17) is 44.6 Å². The Hall–Kier alpha value is -1.62. The van der Waals surface area contributed by atoms with Gasteiger partial charge in [-0.15, -0.1) is 0 Å². The van der Waals surface area contributed by atoms with Crippen molar-refractivity contribution in [1.29, 1.82) is 0 Å². The molecule has 0 radical (unpaired) electrons. The summed E-state index contributed by atoms with van der Waals surface area (Å²) in [5.74, 6) is 0.690. The standard InChI is InChI=1S/C9H10ClNO.C7H4Cl2O2/c1-11-4-5-12-9-6-7(10)2-3-8(9)11;8-5-1-4(3-10)2-6(9)7(5)11/h2-3,6H,4-5H2,1H3;1-3,11H. The van der Waals surface area contributed by atoms with Gasteiger partial charge in [0.25, 0.3) is 0 Å². The molecule has 1 aliphatic heterocycles. The van der Waals surface area contributed by atoms with Gasteiger partial charge in [-0.25, -0.2) is 0 Å². The number of rotatable bonds is 1. The van der Waals surface area contributed by atoms with Gasteiger partial charge < -0.3 is 14.7 Å². The lowest BCUT2D eigenvalue weighted by atomic mass is 10.2. The molecule has 1 N–H and O–H groups in total. The lowest BCUT2D eigenvalue weighted by Gasteiger charge is -2.27. The highest BCUT2D eigenvalue weighted by Gasteiger charge is 2.14. The average molecular weight is 375 g/mol. The normalized spacial score (nSPS) is 12.6. The van der Waals surface area contributed by atoms with Crippen molar-refractivity contribution < 1.29 is 14.6 Å². The summed E-state index contributed by atoms with van der Waals surface area (Å²) in [4.78, 5) is 12.4. The van der Waals surface area contributed by atoms with Crippen LogP contribution in [0.15, 0.2) is 30.3 Å². The van der Waals surface area contributed by atoms with Gasteiger partial charge in [0.05, 0.1) is 22.3 Å². The first kappa shape index (κ1) is 17.7. The van der Waals surface area contributed by atoms with E-state index in [9.17, 15) is 4.79 Å². The molecule has 0 saturated carbocycles. The molecule has 1 heterocycles. The fourth-order valence-electron chi connectivity index (χ4n) is 1.99. The molecule has 0 fully saturated rings. The number of hydrogen-bond donors (Lipinski definition) is 1. The predicted octanol–water partition coefficient (Wildman–Crippen LogP) is 4.68. The summed E-state index contributed by atoms with van der Waals surface area (Å²) in [5.41, 5.74) is 1.46. The number of nitrogens with zero attached hydrogens (tertiary/aromatic N) is 1. The van der Waals surface area contributed by atoms with Crippen LogP contribution in [0.5, 0.6) is 11.5 Å². The number of phenols is 1. The first-order valence-electron chi connectivity index (χ1n) is 6.69. The molecule has 3 rings (SSSR count). The number of benzene rings is 2. The Bertz CT molecular complexity index is 699. The summed E-state index contributed by atoms with van der Waals surface area (Å²) in [6, 6.07) is 8.40. The van der Waals surface area contributed by atoms with Crippen LogP contribution in [0.1, 0.15) is 10.4 Å². The summed E-state index contributed by atoms with van der Waals surface area (Å²) in [7, 11) is 2.05. The number of anilines is 1. The molecule has 122 valence electrons. The molecule has 23 heavy (non-hydrogen) atoms. The number of carbonyl (C=O) groups excluding carboxylic acids is 1. The molecular formula is C16H14Cl3NO3. The number of aromatic hydroxyl groups is 1. The maximum absolute atomic E-state index is 10.2. The van der Waals surface area contributed by atoms with Gasteiger partial charge in [0.15, 0.2) is 5.75 Å². The van der Waals surface area contributed by atoms with Gasteiger partial charge in [-0.2, -0.15) is 0 Å². The number of likely N-dealkylation sites (N-methyl/N-ethyl adjacent to an activating group) is 1. The van der Waals surface area contributed by atoms with Crippen molar-refractivity contribution in [3.05, 3.63) is 51.0 Å². The second kappa shape index (κ2) is 7.77. The molecule has 0 unspecified atom stereocenters. The largest absolute Gasteiger partial charge is 0.505 e. The lowest BCUT2D eigenvalue weighted by Crippen LogP contribution is -2.28. The molecule has 1 aliphatic rings. The van der Waals surface area contributed by atoms with Gasteiger partial charge in [0.1, 0.15) is 18.6 Å². The molecule has 2 aromatic carbocycles. The van der Waals surface area contributed by atoms with Crippen LogP contribution in [0.25, 0.3) is 0 Å². The molecule has 0 aliphatic carbocycles. The van der Waals surface area contributed by atoms with E-state index in [1.54, 1.807) is 0 Å². The fraction of sp³-hybridized carbons (Fsp3) is 0.188. The fourth-order valence-corrected chi connectivity index (χ4v) is 2.65. The third-order valence-electron chi connectivity index (χ3n) is 3.19. The molecule has 0 bridgehead atoms. The third-order valence-corrected chi connectivity index (χ3v) is 4.00. The van der Waals surface area contributed by atoms with Crippen molar-refractivity contribution in [2.24, 2.45) is 0 Å². The molecule has 4 nitrogen and oxygen atoms in total. The first-order valence-corrected chi connectivity index (χ1v) is 7.82. The Morgan fingerprint density at radius 2 is 1.83 bits per heavy atom. The van der Waals surface area contributed by atoms with Crippen LogP contribution >= 0.6 is 34.8 Å². The summed E-state index contributed by atoms with van der Waals surface area (Å²) >= 11 is 16.8. The zero-order chi connectivity index (χ0) is 17.0.